The van der Waals surface area contributed by atoms with E-state index in [1.165, 1.54) is 10.8 Å². The highest BCUT2D eigenvalue weighted by Gasteiger charge is 2.35. The fourth-order valence-electron chi connectivity index (χ4n) is 1.65. The molecule has 2 rings (SSSR count). The van der Waals surface area contributed by atoms with E-state index in [-0.39, 0.29) is 6.61 Å². The molecule has 3 atom stereocenters. The Labute approximate surface area is 90.5 Å². The molecule has 1 aliphatic rings. The zero-order valence-electron chi connectivity index (χ0n) is 8.71. The van der Waals surface area contributed by atoms with Gasteiger partial charge in [0.25, 0.3) is 5.56 Å². The van der Waals surface area contributed by atoms with Gasteiger partial charge in [-0.05, 0) is 6.92 Å². The summed E-state index contributed by atoms with van der Waals surface area (Å²) in [5, 5.41) is 9.41. The second-order valence-electron chi connectivity index (χ2n) is 3.85. The second kappa shape index (κ2) is 3.85. The van der Waals surface area contributed by atoms with E-state index in [4.69, 9.17) is 10.5 Å². The summed E-state index contributed by atoms with van der Waals surface area (Å²) < 4.78 is 6.40. The topological polar surface area (TPSA) is 110 Å². The molecule has 7 heteroatoms. The molecule has 0 radical (unpaired) electrons. The number of aliphatic hydroxyl groups excluding tert-OH is 1. The molecular weight excluding hydrogens is 214 g/mol. The molecule has 0 amide bonds. The quantitative estimate of drug-likeness (QED) is 0.517. The van der Waals surface area contributed by atoms with Gasteiger partial charge in [0.05, 0.1) is 18.8 Å². The summed E-state index contributed by atoms with van der Waals surface area (Å²) in [6.45, 7) is 1.65. The molecule has 1 aromatic heterocycles. The van der Waals surface area contributed by atoms with Crippen molar-refractivity contribution in [2.24, 2.45) is 5.73 Å². The maximum atomic E-state index is 11.5. The van der Waals surface area contributed by atoms with E-state index >= 15 is 0 Å². The summed E-state index contributed by atoms with van der Waals surface area (Å²) in [5.74, 6) is 0. The molecule has 4 N–H and O–H groups in total. The lowest BCUT2D eigenvalue weighted by atomic mass is 10.2. The van der Waals surface area contributed by atoms with Crippen molar-refractivity contribution in [1.82, 2.24) is 9.55 Å². The largest absolute Gasteiger partial charge is 0.389 e. The van der Waals surface area contributed by atoms with E-state index in [1.807, 2.05) is 0 Å². The molecule has 1 fully saturated rings. The summed E-state index contributed by atoms with van der Waals surface area (Å²) >= 11 is 0. The van der Waals surface area contributed by atoms with Gasteiger partial charge in [0, 0.05) is 11.8 Å². The molecule has 7 nitrogen and oxygen atoms in total. The van der Waals surface area contributed by atoms with Crippen molar-refractivity contribution in [3.63, 3.8) is 0 Å². The number of aliphatic hydroxyl groups is 1. The molecule has 0 aliphatic carbocycles. The molecule has 1 aromatic rings. The van der Waals surface area contributed by atoms with Crippen LogP contribution in [0.3, 0.4) is 0 Å². The molecular formula is C9H13N3O4. The zero-order chi connectivity index (χ0) is 11.9. The minimum absolute atomic E-state index is 0.0798. The molecule has 0 aromatic carbocycles. The fraction of sp³-hybridized carbons (Fsp3) is 0.556. The number of nitrogens with one attached hydrogen (secondary N) is 1. The average Bonchev–Trinajstić information content (AvgIpc) is 2.54. The van der Waals surface area contributed by atoms with Gasteiger partial charge in [-0.1, -0.05) is 0 Å². The smallest absolute Gasteiger partial charge is 0.330 e. The van der Waals surface area contributed by atoms with Gasteiger partial charge in [0.1, 0.15) is 0 Å². The van der Waals surface area contributed by atoms with Crippen LogP contribution in [-0.2, 0) is 4.74 Å². The van der Waals surface area contributed by atoms with Crippen molar-refractivity contribution in [3.05, 3.63) is 32.6 Å². The minimum atomic E-state index is -0.802. The van der Waals surface area contributed by atoms with Crippen LogP contribution in [0, 0.1) is 6.92 Å². The van der Waals surface area contributed by atoms with Gasteiger partial charge in [-0.2, -0.15) is 0 Å². The zero-order valence-corrected chi connectivity index (χ0v) is 8.71. The number of aryl methyl sites for hydroxylation is 1. The summed E-state index contributed by atoms with van der Waals surface area (Å²) in [6, 6.07) is -0.678. The Morgan fingerprint density at radius 1 is 1.62 bits per heavy atom. The number of aromatic nitrogens is 2. The number of nitrogens with zero attached hydrogens (tertiary/aromatic N) is 1. The van der Waals surface area contributed by atoms with E-state index in [0.29, 0.717) is 5.56 Å². The van der Waals surface area contributed by atoms with Crippen molar-refractivity contribution in [3.8, 4) is 0 Å². The molecule has 88 valence electrons. The molecule has 0 spiro atoms. The third-order valence-corrected chi connectivity index (χ3v) is 2.63. The fourth-order valence-corrected chi connectivity index (χ4v) is 1.65. The standard InChI is InChI=1S/C9H13N3O4/c1-4-2-12(9(15)11-7(4)14)8-6(10)5(13)3-16-8/h2,5-6,8,13H,3,10H2,1H3,(H,11,14,15)/t5-,6+,8+/m0/s1. The van der Waals surface area contributed by atoms with Crippen molar-refractivity contribution >= 4 is 0 Å². The lowest BCUT2D eigenvalue weighted by Crippen LogP contribution is -2.42. The molecule has 16 heavy (non-hydrogen) atoms. The first-order valence-electron chi connectivity index (χ1n) is 4.88. The van der Waals surface area contributed by atoms with Gasteiger partial charge < -0.3 is 15.6 Å². The van der Waals surface area contributed by atoms with Crippen LogP contribution in [0.15, 0.2) is 15.8 Å². The summed E-state index contributed by atoms with van der Waals surface area (Å²) in [5.41, 5.74) is 5.04. The maximum absolute atomic E-state index is 11.5. The third kappa shape index (κ3) is 1.69. The number of H-pyrrole nitrogens is 1. The van der Waals surface area contributed by atoms with Gasteiger partial charge >= 0.3 is 5.69 Å². The van der Waals surface area contributed by atoms with Crippen LogP contribution in [0.1, 0.15) is 11.8 Å². The highest BCUT2D eigenvalue weighted by Crippen LogP contribution is 2.20. The van der Waals surface area contributed by atoms with Crippen molar-refractivity contribution in [2.75, 3.05) is 6.61 Å². The van der Waals surface area contributed by atoms with Gasteiger partial charge in [0.2, 0.25) is 0 Å². The Balaban J connectivity index is 2.45. The molecule has 0 unspecified atom stereocenters. The lowest BCUT2D eigenvalue weighted by Gasteiger charge is -2.18. The summed E-state index contributed by atoms with van der Waals surface area (Å²) in [4.78, 5) is 24.8. The monoisotopic (exact) mass is 227 g/mol. The molecule has 0 saturated carbocycles. The first kappa shape index (κ1) is 11.1. The van der Waals surface area contributed by atoms with E-state index in [0.717, 1.165) is 0 Å². The Morgan fingerprint density at radius 2 is 2.31 bits per heavy atom. The number of ether oxygens (including phenoxy) is 1. The third-order valence-electron chi connectivity index (χ3n) is 2.63. The number of aromatic amines is 1. The van der Waals surface area contributed by atoms with Gasteiger partial charge in [-0.25, -0.2) is 4.79 Å². The summed E-state index contributed by atoms with van der Waals surface area (Å²) in [7, 11) is 0. The van der Waals surface area contributed by atoms with Crippen molar-refractivity contribution in [2.45, 2.75) is 25.3 Å². The minimum Gasteiger partial charge on any atom is -0.389 e. The van der Waals surface area contributed by atoms with Crippen molar-refractivity contribution in [1.29, 1.82) is 0 Å². The van der Waals surface area contributed by atoms with Gasteiger partial charge in [-0.3, -0.25) is 14.3 Å². The van der Waals surface area contributed by atoms with Gasteiger partial charge in [0.15, 0.2) is 6.23 Å². The molecule has 1 aliphatic heterocycles. The SMILES string of the molecule is Cc1cn([C@@H]2OC[C@H](O)[C@H]2N)c(=O)[nH]c1=O. The first-order chi connectivity index (χ1) is 7.50. The molecule has 0 bridgehead atoms. The number of hydrogen-bond acceptors (Lipinski definition) is 5. The molecule has 2 heterocycles. The maximum Gasteiger partial charge on any atom is 0.330 e. The van der Waals surface area contributed by atoms with Crippen LogP contribution < -0.4 is 17.0 Å². The van der Waals surface area contributed by atoms with E-state index in [9.17, 15) is 14.7 Å². The first-order valence-corrected chi connectivity index (χ1v) is 4.88. The molecule has 1 saturated heterocycles. The van der Waals surface area contributed by atoms with E-state index < -0.39 is 29.6 Å². The van der Waals surface area contributed by atoms with Crippen LogP contribution in [0.5, 0.6) is 0 Å². The number of rotatable bonds is 1. The summed E-state index contributed by atoms with van der Waals surface area (Å²) in [6.07, 6.45) is -0.161. The van der Waals surface area contributed by atoms with Gasteiger partial charge in [-0.15, -0.1) is 0 Å². The van der Waals surface area contributed by atoms with Crippen LogP contribution in [-0.4, -0.2) is 33.4 Å². The second-order valence-corrected chi connectivity index (χ2v) is 3.85. The Bertz CT molecular complexity index is 506. The van der Waals surface area contributed by atoms with E-state index in [2.05, 4.69) is 4.98 Å². The predicted octanol–water partition coefficient (Wildman–Crippen LogP) is -1.94. The van der Waals surface area contributed by atoms with Crippen molar-refractivity contribution < 1.29 is 9.84 Å². The number of nitrogens with two attached hydrogens (primary N) is 1. The highest BCUT2D eigenvalue weighted by molar-refractivity contribution is 5.02. The average molecular weight is 227 g/mol. The van der Waals surface area contributed by atoms with Crippen LogP contribution in [0.25, 0.3) is 0 Å². The van der Waals surface area contributed by atoms with Crippen LogP contribution >= 0.6 is 0 Å². The van der Waals surface area contributed by atoms with E-state index in [1.54, 1.807) is 6.92 Å². The predicted molar refractivity (Wildman–Crippen MR) is 55.0 cm³/mol. The van der Waals surface area contributed by atoms with Crippen LogP contribution in [0.4, 0.5) is 0 Å². The highest BCUT2D eigenvalue weighted by atomic mass is 16.5. The Kier molecular flexibility index (Phi) is 2.66. The van der Waals surface area contributed by atoms with Crippen LogP contribution in [0.2, 0.25) is 0 Å². The lowest BCUT2D eigenvalue weighted by molar-refractivity contribution is 0.0405. The Morgan fingerprint density at radius 3 is 2.88 bits per heavy atom. The normalized spacial score (nSPS) is 29.6. The Hall–Kier alpha value is -1.44. The number of hydrogen-bond donors (Lipinski definition) is 3.